The monoisotopic (exact) mass is 295 g/mol. The molecular weight excluding hydrogens is 276 g/mol. The summed E-state index contributed by atoms with van der Waals surface area (Å²) >= 11 is 0. The number of hydrogen-bond donors (Lipinski definition) is 1. The van der Waals surface area contributed by atoms with Crippen molar-refractivity contribution in [1.82, 2.24) is 10.2 Å². The number of hydrogen-bond acceptors (Lipinski definition) is 3. The van der Waals surface area contributed by atoms with Gasteiger partial charge < -0.3 is 9.64 Å². The number of alkyl halides is 2. The smallest absolute Gasteiger partial charge is 0.272 e. The van der Waals surface area contributed by atoms with Crippen molar-refractivity contribution in [2.24, 2.45) is 4.99 Å². The molecule has 1 aromatic rings. The van der Waals surface area contributed by atoms with Gasteiger partial charge in [-0.1, -0.05) is 6.07 Å². The third-order valence-electron chi connectivity index (χ3n) is 3.58. The zero-order valence-corrected chi connectivity index (χ0v) is 11.8. The van der Waals surface area contributed by atoms with Crippen LogP contribution < -0.4 is 10.1 Å². The molecule has 4 nitrogen and oxygen atoms in total. The molecular formula is C15H19F2N3O. The summed E-state index contributed by atoms with van der Waals surface area (Å²) in [6, 6.07) is 7.64. The van der Waals surface area contributed by atoms with Crippen molar-refractivity contribution in [2.45, 2.75) is 31.7 Å². The van der Waals surface area contributed by atoms with Gasteiger partial charge in [-0.15, -0.1) is 0 Å². The summed E-state index contributed by atoms with van der Waals surface area (Å²) in [5, 5.41) is 3.35. The highest BCUT2D eigenvalue weighted by molar-refractivity contribution is 5.86. The van der Waals surface area contributed by atoms with Crippen LogP contribution >= 0.6 is 0 Å². The standard InChI is InChI=1S/C15H19F2N3O/c16-14(17)9-21-13-3-1-2-11(8-13)19-15-6-7-18-10-20(15)12-4-5-12/h1-3,8,12,14,18H,4-7,9-10H2. The van der Waals surface area contributed by atoms with Gasteiger partial charge in [0.25, 0.3) is 6.43 Å². The zero-order valence-electron chi connectivity index (χ0n) is 11.8. The Kier molecular flexibility index (Phi) is 4.34. The normalized spacial score (nSPS) is 21.1. The lowest BCUT2D eigenvalue weighted by atomic mass is 10.2. The second-order valence-corrected chi connectivity index (χ2v) is 5.34. The number of nitrogens with zero attached hydrogens (tertiary/aromatic N) is 2. The minimum absolute atomic E-state index is 0.434. The van der Waals surface area contributed by atoms with E-state index in [0.29, 0.717) is 11.8 Å². The molecule has 1 aliphatic carbocycles. The van der Waals surface area contributed by atoms with Crippen LogP contribution in [0.4, 0.5) is 14.5 Å². The van der Waals surface area contributed by atoms with Crippen LogP contribution in [0.25, 0.3) is 0 Å². The fraction of sp³-hybridized carbons (Fsp3) is 0.533. The summed E-state index contributed by atoms with van der Waals surface area (Å²) in [4.78, 5) is 6.99. The molecule has 21 heavy (non-hydrogen) atoms. The quantitative estimate of drug-likeness (QED) is 0.907. The van der Waals surface area contributed by atoms with Crippen LogP contribution in [0.2, 0.25) is 0 Å². The molecule has 0 spiro atoms. The first kappa shape index (κ1) is 14.3. The molecule has 0 bridgehead atoms. The predicted octanol–water partition coefficient (Wildman–Crippen LogP) is 2.78. The first-order valence-corrected chi connectivity index (χ1v) is 7.28. The number of nitrogens with one attached hydrogen (secondary N) is 1. The molecule has 1 aliphatic heterocycles. The second-order valence-electron chi connectivity index (χ2n) is 5.34. The van der Waals surface area contributed by atoms with Crippen LogP contribution in [0, 0.1) is 0 Å². The van der Waals surface area contributed by atoms with Crippen LogP contribution in [0.5, 0.6) is 5.75 Å². The predicted molar refractivity (Wildman–Crippen MR) is 77.4 cm³/mol. The van der Waals surface area contributed by atoms with E-state index in [9.17, 15) is 8.78 Å². The highest BCUT2D eigenvalue weighted by Gasteiger charge is 2.32. The molecule has 0 atom stereocenters. The highest BCUT2D eigenvalue weighted by atomic mass is 19.3. The maximum atomic E-state index is 12.2. The van der Waals surface area contributed by atoms with E-state index in [1.165, 1.54) is 12.8 Å². The Labute approximate surface area is 122 Å². The zero-order chi connectivity index (χ0) is 14.7. The molecule has 2 fully saturated rings. The minimum Gasteiger partial charge on any atom is -0.488 e. The van der Waals surface area contributed by atoms with Gasteiger partial charge in [0.1, 0.15) is 18.2 Å². The van der Waals surface area contributed by atoms with Crippen molar-refractivity contribution in [1.29, 1.82) is 0 Å². The largest absolute Gasteiger partial charge is 0.488 e. The SMILES string of the molecule is FC(F)COc1cccc(N=C2CCNCN2C2CC2)c1. The lowest BCUT2D eigenvalue weighted by molar-refractivity contribution is 0.0819. The number of amidine groups is 1. The van der Waals surface area contributed by atoms with Gasteiger partial charge in [0.15, 0.2) is 0 Å². The molecule has 114 valence electrons. The molecule has 1 N–H and O–H groups in total. The topological polar surface area (TPSA) is 36.9 Å². The van der Waals surface area contributed by atoms with Gasteiger partial charge in [-0.05, 0) is 25.0 Å². The first-order chi connectivity index (χ1) is 10.2. The lowest BCUT2D eigenvalue weighted by Crippen LogP contribution is -2.46. The Bertz CT molecular complexity index is 517. The van der Waals surface area contributed by atoms with E-state index in [1.807, 2.05) is 6.07 Å². The molecule has 1 saturated carbocycles. The van der Waals surface area contributed by atoms with Gasteiger partial charge in [0.05, 0.1) is 12.4 Å². The van der Waals surface area contributed by atoms with E-state index in [-0.39, 0.29) is 0 Å². The Morgan fingerprint density at radius 3 is 3.00 bits per heavy atom. The lowest BCUT2D eigenvalue weighted by Gasteiger charge is -2.31. The van der Waals surface area contributed by atoms with E-state index in [2.05, 4.69) is 15.2 Å². The third-order valence-corrected chi connectivity index (χ3v) is 3.58. The molecule has 1 heterocycles. The molecule has 0 radical (unpaired) electrons. The van der Waals surface area contributed by atoms with Gasteiger partial charge in [0.2, 0.25) is 0 Å². The molecule has 1 aromatic carbocycles. The molecule has 0 aromatic heterocycles. The van der Waals surface area contributed by atoms with Gasteiger partial charge in [-0.2, -0.15) is 0 Å². The molecule has 2 aliphatic rings. The van der Waals surface area contributed by atoms with E-state index in [4.69, 9.17) is 4.74 Å². The summed E-state index contributed by atoms with van der Waals surface area (Å²) in [6.07, 6.45) is 0.865. The Hall–Kier alpha value is -1.69. The summed E-state index contributed by atoms with van der Waals surface area (Å²) in [5.41, 5.74) is 0.754. The van der Waals surface area contributed by atoms with E-state index >= 15 is 0 Å². The molecule has 3 rings (SSSR count). The molecule has 0 amide bonds. The van der Waals surface area contributed by atoms with Crippen LogP contribution in [-0.2, 0) is 0 Å². The number of ether oxygens (including phenoxy) is 1. The van der Waals surface area contributed by atoms with Gasteiger partial charge in [-0.25, -0.2) is 13.8 Å². The average Bonchev–Trinajstić information content (AvgIpc) is 3.31. The van der Waals surface area contributed by atoms with Crippen LogP contribution in [0.3, 0.4) is 0 Å². The van der Waals surface area contributed by atoms with Crippen molar-refractivity contribution >= 4 is 11.5 Å². The second kappa shape index (κ2) is 6.39. The molecule has 6 heteroatoms. The van der Waals surface area contributed by atoms with Crippen molar-refractivity contribution in [2.75, 3.05) is 19.8 Å². The summed E-state index contributed by atoms with van der Waals surface area (Å²) < 4.78 is 29.4. The van der Waals surface area contributed by atoms with Crippen LogP contribution in [0.15, 0.2) is 29.3 Å². The van der Waals surface area contributed by atoms with E-state index < -0.39 is 13.0 Å². The van der Waals surface area contributed by atoms with Gasteiger partial charge in [-0.3, -0.25) is 5.32 Å². The number of halogens is 2. The maximum absolute atomic E-state index is 12.2. The fourth-order valence-corrected chi connectivity index (χ4v) is 2.43. The van der Waals surface area contributed by atoms with Crippen molar-refractivity contribution < 1.29 is 13.5 Å². The van der Waals surface area contributed by atoms with Gasteiger partial charge >= 0.3 is 0 Å². The average molecular weight is 295 g/mol. The Balaban J connectivity index is 1.72. The van der Waals surface area contributed by atoms with Crippen LogP contribution in [0.1, 0.15) is 19.3 Å². The van der Waals surface area contributed by atoms with Crippen LogP contribution in [-0.4, -0.2) is 43.0 Å². The van der Waals surface area contributed by atoms with Gasteiger partial charge in [0, 0.05) is 25.1 Å². The Morgan fingerprint density at radius 2 is 2.24 bits per heavy atom. The number of aliphatic imine (C=N–C) groups is 1. The first-order valence-electron chi connectivity index (χ1n) is 7.28. The summed E-state index contributed by atoms with van der Waals surface area (Å²) in [6.45, 7) is 1.17. The third kappa shape index (κ3) is 3.91. The summed E-state index contributed by atoms with van der Waals surface area (Å²) in [7, 11) is 0. The number of rotatable bonds is 5. The minimum atomic E-state index is -2.46. The Morgan fingerprint density at radius 1 is 1.38 bits per heavy atom. The number of benzene rings is 1. The van der Waals surface area contributed by atoms with E-state index in [1.54, 1.807) is 18.2 Å². The van der Waals surface area contributed by atoms with E-state index in [0.717, 1.165) is 31.2 Å². The maximum Gasteiger partial charge on any atom is 0.272 e. The molecule has 1 saturated heterocycles. The fourth-order valence-electron chi connectivity index (χ4n) is 2.43. The van der Waals surface area contributed by atoms with Crippen molar-refractivity contribution in [3.8, 4) is 5.75 Å². The summed E-state index contributed by atoms with van der Waals surface area (Å²) in [5.74, 6) is 1.51. The van der Waals surface area contributed by atoms with Crippen molar-refractivity contribution in [3.05, 3.63) is 24.3 Å². The van der Waals surface area contributed by atoms with Crippen molar-refractivity contribution in [3.63, 3.8) is 0 Å². The highest BCUT2D eigenvalue weighted by Crippen LogP contribution is 2.29. The molecule has 0 unspecified atom stereocenters.